The minimum absolute atomic E-state index is 0.133. The molecule has 0 radical (unpaired) electrons. The van der Waals surface area contributed by atoms with Gasteiger partial charge in [-0.15, -0.1) is 0 Å². The molecule has 7 heteroatoms. The maximum absolute atomic E-state index is 12.2. The molecule has 0 saturated carbocycles. The van der Waals surface area contributed by atoms with Crippen molar-refractivity contribution >= 4 is 40.1 Å². The first-order valence-corrected chi connectivity index (χ1v) is 9.79. The summed E-state index contributed by atoms with van der Waals surface area (Å²) in [5, 5.41) is 10.1. The van der Waals surface area contributed by atoms with Gasteiger partial charge in [0.2, 0.25) is 0 Å². The van der Waals surface area contributed by atoms with Crippen molar-refractivity contribution in [2.45, 2.75) is 0 Å². The van der Waals surface area contributed by atoms with Crippen molar-refractivity contribution in [3.05, 3.63) is 59.3 Å². The Bertz CT molecular complexity index is 876. The maximum atomic E-state index is 12.2. The molecule has 0 aromatic heterocycles. The second kappa shape index (κ2) is 8.65. The van der Waals surface area contributed by atoms with E-state index in [0.717, 1.165) is 62.0 Å². The van der Waals surface area contributed by atoms with Gasteiger partial charge in [-0.25, -0.2) is 0 Å². The predicted molar refractivity (Wildman–Crippen MR) is 114 cm³/mol. The molecule has 1 amide bonds. The van der Waals surface area contributed by atoms with E-state index in [2.05, 4.69) is 20.9 Å². The second-order valence-electron chi connectivity index (χ2n) is 6.80. The fourth-order valence-corrected chi connectivity index (χ4v) is 3.50. The molecule has 0 bridgehead atoms. The van der Waals surface area contributed by atoms with Crippen LogP contribution < -0.4 is 16.0 Å². The number of ether oxygens (including phenoxy) is 1. The lowest BCUT2D eigenvalue weighted by atomic mass is 10.1. The quantitative estimate of drug-likeness (QED) is 0.650. The van der Waals surface area contributed by atoms with Gasteiger partial charge in [0, 0.05) is 60.0 Å². The number of hydrogen-bond donors (Lipinski definition) is 3. The highest BCUT2D eigenvalue weighted by Gasteiger charge is 2.24. The Kier molecular flexibility index (Phi) is 5.81. The number of hydrogen-bond acceptors (Lipinski definition) is 5. The molecule has 2 aliphatic rings. The van der Waals surface area contributed by atoms with E-state index >= 15 is 0 Å². The number of carbonyl (C=O) groups excluding carboxylic acids is 1. The molecular weight excluding hydrogens is 376 g/mol. The van der Waals surface area contributed by atoms with Crippen LogP contribution in [0.25, 0.3) is 5.57 Å². The molecule has 1 fully saturated rings. The van der Waals surface area contributed by atoms with Gasteiger partial charge >= 0.3 is 0 Å². The van der Waals surface area contributed by atoms with Crippen molar-refractivity contribution in [3.63, 3.8) is 0 Å². The van der Waals surface area contributed by atoms with Crippen molar-refractivity contribution < 1.29 is 9.53 Å². The molecule has 0 unspecified atom stereocenters. The monoisotopic (exact) mass is 398 g/mol. The topological polar surface area (TPSA) is 65.6 Å². The lowest BCUT2D eigenvalue weighted by Gasteiger charge is -2.26. The number of carbonyl (C=O) groups is 1. The third-order valence-corrected chi connectivity index (χ3v) is 5.13. The normalized spacial score (nSPS) is 18.0. The molecule has 0 spiro atoms. The molecule has 1 saturated heterocycles. The molecule has 2 aromatic rings. The van der Waals surface area contributed by atoms with Crippen LogP contribution in [0.2, 0.25) is 5.02 Å². The number of anilines is 3. The van der Waals surface area contributed by atoms with Crippen molar-refractivity contribution in [1.82, 2.24) is 4.90 Å². The number of nitrogens with one attached hydrogen (secondary N) is 3. The molecule has 146 valence electrons. The smallest absolute Gasteiger partial charge is 0.257 e. The highest BCUT2D eigenvalue weighted by molar-refractivity contribution is 6.34. The summed E-state index contributed by atoms with van der Waals surface area (Å²) in [7, 11) is 0. The molecule has 6 nitrogen and oxygen atoms in total. The van der Waals surface area contributed by atoms with Gasteiger partial charge in [-0.3, -0.25) is 9.69 Å². The summed E-state index contributed by atoms with van der Waals surface area (Å²) in [4.78, 5) is 14.6. The number of amides is 1. The van der Waals surface area contributed by atoms with Crippen LogP contribution in [0, 0.1) is 0 Å². The van der Waals surface area contributed by atoms with E-state index in [-0.39, 0.29) is 5.91 Å². The van der Waals surface area contributed by atoms with Crippen molar-refractivity contribution in [2.24, 2.45) is 0 Å². The third kappa shape index (κ3) is 4.47. The molecule has 2 heterocycles. The average Bonchev–Trinajstić information content (AvgIpc) is 3.02. The van der Waals surface area contributed by atoms with E-state index in [1.807, 2.05) is 30.3 Å². The van der Waals surface area contributed by atoms with Gasteiger partial charge in [0.25, 0.3) is 5.91 Å². The Morgan fingerprint density at radius 1 is 1.11 bits per heavy atom. The minimum atomic E-state index is -0.133. The van der Waals surface area contributed by atoms with Crippen LogP contribution in [-0.2, 0) is 9.53 Å². The second-order valence-corrected chi connectivity index (χ2v) is 7.24. The summed E-state index contributed by atoms with van der Waals surface area (Å²) in [6.45, 7) is 5.55. The first kappa shape index (κ1) is 18.8. The van der Waals surface area contributed by atoms with Crippen molar-refractivity contribution in [2.75, 3.05) is 55.3 Å². The number of fused-ring (bicyclic) bond motifs is 1. The lowest BCUT2D eigenvalue weighted by molar-refractivity contribution is -0.110. The summed E-state index contributed by atoms with van der Waals surface area (Å²) in [5.41, 5.74) is 4.15. The number of morpholine rings is 1. The van der Waals surface area contributed by atoms with Crippen LogP contribution in [0.1, 0.15) is 5.56 Å². The molecule has 28 heavy (non-hydrogen) atoms. The Morgan fingerprint density at radius 3 is 2.64 bits per heavy atom. The first-order chi connectivity index (χ1) is 13.7. The fraction of sp³-hybridized carbons (Fsp3) is 0.286. The maximum Gasteiger partial charge on any atom is 0.257 e. The molecule has 2 aliphatic heterocycles. The van der Waals surface area contributed by atoms with Crippen LogP contribution >= 0.6 is 11.6 Å². The van der Waals surface area contributed by atoms with Gasteiger partial charge < -0.3 is 20.7 Å². The highest BCUT2D eigenvalue weighted by atomic mass is 35.5. The van der Waals surface area contributed by atoms with Crippen LogP contribution in [-0.4, -0.2) is 50.2 Å². The van der Waals surface area contributed by atoms with Gasteiger partial charge in [-0.2, -0.15) is 0 Å². The van der Waals surface area contributed by atoms with E-state index in [4.69, 9.17) is 16.3 Å². The van der Waals surface area contributed by atoms with E-state index in [1.54, 1.807) is 18.3 Å². The number of nitrogens with zero attached hydrogens (tertiary/aromatic N) is 1. The molecule has 2 aromatic carbocycles. The molecular formula is C21H23ClN4O2. The summed E-state index contributed by atoms with van der Waals surface area (Å²) >= 11 is 6.06. The summed E-state index contributed by atoms with van der Waals surface area (Å²) in [6.07, 6.45) is 1.72. The van der Waals surface area contributed by atoms with Gasteiger partial charge in [-0.05, 0) is 42.5 Å². The van der Waals surface area contributed by atoms with E-state index < -0.39 is 0 Å². The molecule has 3 N–H and O–H groups in total. The van der Waals surface area contributed by atoms with E-state index in [1.165, 1.54) is 0 Å². The highest BCUT2D eigenvalue weighted by Crippen LogP contribution is 2.33. The zero-order valence-corrected chi connectivity index (χ0v) is 16.3. The zero-order valence-electron chi connectivity index (χ0n) is 15.5. The fourth-order valence-electron chi connectivity index (χ4n) is 3.33. The third-order valence-electron chi connectivity index (χ3n) is 4.89. The average molecular weight is 399 g/mol. The molecule has 0 atom stereocenters. The molecule has 0 aliphatic carbocycles. The predicted octanol–water partition coefficient (Wildman–Crippen LogP) is 3.49. The Hall–Kier alpha value is -2.54. The molecule has 4 rings (SSSR count). The van der Waals surface area contributed by atoms with Crippen LogP contribution in [0.5, 0.6) is 0 Å². The van der Waals surface area contributed by atoms with Crippen LogP contribution in [0.3, 0.4) is 0 Å². The van der Waals surface area contributed by atoms with Crippen molar-refractivity contribution in [1.29, 1.82) is 0 Å². The van der Waals surface area contributed by atoms with E-state index in [9.17, 15) is 4.79 Å². The first-order valence-electron chi connectivity index (χ1n) is 9.41. The minimum Gasteiger partial charge on any atom is -0.384 e. The van der Waals surface area contributed by atoms with E-state index in [0.29, 0.717) is 10.6 Å². The van der Waals surface area contributed by atoms with Gasteiger partial charge in [-0.1, -0.05) is 11.6 Å². The Labute approximate surface area is 169 Å². The standard InChI is InChI=1S/C21H23ClN4O2/c22-15-1-6-20-18(13-15)19(21(27)25-20)14-24-17-4-2-16(3-5-17)23-7-8-26-9-11-28-12-10-26/h1-6,13-14,23-24H,7-12H2,(H,25,27). The van der Waals surface area contributed by atoms with Gasteiger partial charge in [0.1, 0.15) is 0 Å². The van der Waals surface area contributed by atoms with Gasteiger partial charge in [0.15, 0.2) is 0 Å². The van der Waals surface area contributed by atoms with Crippen molar-refractivity contribution in [3.8, 4) is 0 Å². The Balaban J connectivity index is 1.33. The zero-order chi connectivity index (χ0) is 19.3. The number of rotatable bonds is 6. The Morgan fingerprint density at radius 2 is 1.86 bits per heavy atom. The lowest BCUT2D eigenvalue weighted by Crippen LogP contribution is -2.38. The number of halogens is 1. The number of benzene rings is 2. The largest absolute Gasteiger partial charge is 0.384 e. The summed E-state index contributed by atoms with van der Waals surface area (Å²) in [6, 6.07) is 13.4. The van der Waals surface area contributed by atoms with Crippen LogP contribution in [0.4, 0.5) is 17.1 Å². The SMILES string of the molecule is O=C1Nc2ccc(Cl)cc2C1=CNc1ccc(NCCN2CCOCC2)cc1. The summed E-state index contributed by atoms with van der Waals surface area (Å²) in [5.74, 6) is -0.133. The summed E-state index contributed by atoms with van der Waals surface area (Å²) < 4.78 is 5.36. The van der Waals surface area contributed by atoms with Crippen LogP contribution in [0.15, 0.2) is 48.7 Å². The van der Waals surface area contributed by atoms with Gasteiger partial charge in [0.05, 0.1) is 18.8 Å².